The van der Waals surface area contributed by atoms with Crippen molar-refractivity contribution >= 4 is 40.1 Å². The van der Waals surface area contributed by atoms with E-state index in [0.29, 0.717) is 35.4 Å². The molecule has 152 valence electrons. The molecule has 1 fully saturated rings. The molecule has 0 bridgehead atoms. The summed E-state index contributed by atoms with van der Waals surface area (Å²) in [4.78, 5) is 31.0. The number of nitrogens with one attached hydrogen (secondary N) is 1. The molecule has 29 heavy (non-hydrogen) atoms. The van der Waals surface area contributed by atoms with Crippen LogP contribution >= 0.6 is 11.8 Å². The topological polar surface area (TPSA) is 71.0 Å². The molecular weight excluding hydrogens is 393 g/mol. The van der Waals surface area contributed by atoms with Crippen LogP contribution in [0.4, 0.5) is 15.8 Å². The second kappa shape index (κ2) is 9.56. The van der Waals surface area contributed by atoms with Crippen LogP contribution in [0.25, 0.3) is 0 Å². The summed E-state index contributed by atoms with van der Waals surface area (Å²) >= 11 is 1.21. The van der Waals surface area contributed by atoms with Crippen LogP contribution in [0, 0.1) is 5.82 Å². The maximum Gasteiger partial charge on any atom is 0.247 e. The lowest BCUT2D eigenvalue weighted by Gasteiger charge is -2.16. The summed E-state index contributed by atoms with van der Waals surface area (Å²) in [6.45, 7) is 4.81. The van der Waals surface area contributed by atoms with E-state index < -0.39 is 5.25 Å². The van der Waals surface area contributed by atoms with Gasteiger partial charge in [0.2, 0.25) is 11.8 Å². The number of amides is 2. The molecule has 1 unspecified atom stereocenters. The monoisotopic (exact) mass is 415 g/mol. The van der Waals surface area contributed by atoms with Gasteiger partial charge in [-0.1, -0.05) is 11.8 Å². The number of amidine groups is 1. The van der Waals surface area contributed by atoms with Crippen LogP contribution in [0.2, 0.25) is 0 Å². The fraction of sp³-hybridized carbons (Fsp3) is 0.286. The van der Waals surface area contributed by atoms with Crippen molar-refractivity contribution in [2.24, 2.45) is 4.99 Å². The second-order valence-corrected chi connectivity index (χ2v) is 7.41. The number of carbonyl (C=O) groups is 2. The largest absolute Gasteiger partial charge is 0.494 e. The molecule has 0 radical (unpaired) electrons. The molecule has 0 spiro atoms. The Hall–Kier alpha value is -2.87. The minimum absolute atomic E-state index is 0.0878. The lowest BCUT2D eigenvalue weighted by molar-refractivity contribution is -0.121. The summed E-state index contributed by atoms with van der Waals surface area (Å²) in [5.74, 6) is -0.190. The lowest BCUT2D eigenvalue weighted by Crippen LogP contribution is -2.31. The van der Waals surface area contributed by atoms with Gasteiger partial charge in [-0.2, -0.15) is 0 Å². The summed E-state index contributed by atoms with van der Waals surface area (Å²) in [5.41, 5.74) is 1.18. The molecule has 0 saturated carbocycles. The first kappa shape index (κ1) is 20.9. The normalized spacial score (nSPS) is 17.0. The third-order valence-electron chi connectivity index (χ3n) is 4.16. The Kier molecular flexibility index (Phi) is 6.87. The van der Waals surface area contributed by atoms with Gasteiger partial charge in [0.25, 0.3) is 0 Å². The van der Waals surface area contributed by atoms with E-state index in [9.17, 15) is 14.0 Å². The smallest absolute Gasteiger partial charge is 0.247 e. The third kappa shape index (κ3) is 5.14. The van der Waals surface area contributed by atoms with Crippen LogP contribution in [0.3, 0.4) is 0 Å². The van der Waals surface area contributed by atoms with Crippen LogP contribution in [0.15, 0.2) is 53.5 Å². The Labute approximate surface area is 173 Å². The van der Waals surface area contributed by atoms with E-state index in [0.717, 1.165) is 0 Å². The van der Waals surface area contributed by atoms with Gasteiger partial charge in [-0.25, -0.2) is 9.29 Å². The van der Waals surface area contributed by atoms with Crippen LogP contribution in [0.5, 0.6) is 5.75 Å². The number of ether oxygens (including phenoxy) is 1. The van der Waals surface area contributed by atoms with Crippen molar-refractivity contribution in [1.29, 1.82) is 0 Å². The quantitative estimate of drug-likeness (QED) is 0.437. The molecule has 2 aromatic carbocycles. The molecule has 1 N–H and O–H groups in total. The van der Waals surface area contributed by atoms with Crippen LogP contribution in [0.1, 0.15) is 20.3 Å². The molecule has 3 rings (SSSR count). The number of hydrogen-bond donors (Lipinski definition) is 1. The zero-order valence-corrected chi connectivity index (χ0v) is 17.0. The predicted octanol–water partition coefficient (Wildman–Crippen LogP) is 4.08. The van der Waals surface area contributed by atoms with E-state index in [-0.39, 0.29) is 24.1 Å². The molecule has 1 atom stereocenters. The molecule has 2 amide bonds. The van der Waals surface area contributed by atoms with Gasteiger partial charge >= 0.3 is 0 Å². The molecule has 0 aliphatic carbocycles. The fourth-order valence-corrected chi connectivity index (χ4v) is 3.95. The molecule has 0 aromatic heterocycles. The molecular formula is C21H22FN3O3S. The maximum absolute atomic E-state index is 13.1. The Morgan fingerprint density at radius 2 is 1.86 bits per heavy atom. The van der Waals surface area contributed by atoms with E-state index in [1.165, 1.54) is 28.8 Å². The summed E-state index contributed by atoms with van der Waals surface area (Å²) in [7, 11) is 0. The summed E-state index contributed by atoms with van der Waals surface area (Å²) in [5, 5.41) is 3.03. The number of benzene rings is 2. The number of hydrogen-bond acceptors (Lipinski definition) is 5. The Morgan fingerprint density at radius 3 is 2.48 bits per heavy atom. The van der Waals surface area contributed by atoms with Crippen molar-refractivity contribution in [2.45, 2.75) is 25.5 Å². The zero-order chi connectivity index (χ0) is 20.8. The number of anilines is 2. The predicted molar refractivity (Wildman–Crippen MR) is 114 cm³/mol. The van der Waals surface area contributed by atoms with E-state index >= 15 is 0 Å². The van der Waals surface area contributed by atoms with Gasteiger partial charge in [0.05, 0.1) is 12.3 Å². The van der Waals surface area contributed by atoms with Gasteiger partial charge in [-0.3, -0.25) is 14.6 Å². The first-order valence-corrected chi connectivity index (χ1v) is 10.2. The van der Waals surface area contributed by atoms with E-state index in [1.807, 2.05) is 13.8 Å². The number of thioether (sulfide) groups is 1. The number of imide groups is 1. The van der Waals surface area contributed by atoms with Gasteiger partial charge in [-0.05, 0) is 62.4 Å². The van der Waals surface area contributed by atoms with Gasteiger partial charge in [0.15, 0.2) is 5.17 Å². The SMILES string of the molecule is CCN=C(Nc1ccc(F)cc1)SC1CC(=O)N(c2ccc(OCC)cc2)C1=O. The van der Waals surface area contributed by atoms with Gasteiger partial charge < -0.3 is 10.1 Å². The first-order valence-electron chi connectivity index (χ1n) is 9.35. The van der Waals surface area contributed by atoms with Crippen molar-refractivity contribution < 1.29 is 18.7 Å². The number of carbonyl (C=O) groups excluding carboxylic acids is 2. The minimum atomic E-state index is -0.577. The highest BCUT2D eigenvalue weighted by atomic mass is 32.2. The summed E-state index contributed by atoms with van der Waals surface area (Å²) < 4.78 is 18.5. The van der Waals surface area contributed by atoms with Gasteiger partial charge in [-0.15, -0.1) is 0 Å². The second-order valence-electron chi connectivity index (χ2n) is 6.22. The maximum atomic E-state index is 13.1. The van der Waals surface area contributed by atoms with E-state index in [2.05, 4.69) is 10.3 Å². The van der Waals surface area contributed by atoms with Crippen molar-refractivity contribution in [3.05, 3.63) is 54.3 Å². The highest BCUT2D eigenvalue weighted by molar-refractivity contribution is 8.15. The molecule has 2 aromatic rings. The number of aliphatic imine (C=N–C) groups is 1. The molecule has 1 saturated heterocycles. The van der Waals surface area contributed by atoms with Crippen molar-refractivity contribution in [3.63, 3.8) is 0 Å². The van der Waals surface area contributed by atoms with Crippen molar-refractivity contribution in [3.8, 4) is 5.75 Å². The average Bonchev–Trinajstić information content (AvgIpc) is 2.98. The fourth-order valence-electron chi connectivity index (χ4n) is 2.87. The lowest BCUT2D eigenvalue weighted by atomic mass is 10.3. The molecule has 1 aliphatic heterocycles. The molecule has 1 aliphatic rings. The first-order chi connectivity index (χ1) is 14.0. The van der Waals surface area contributed by atoms with Gasteiger partial charge in [0.1, 0.15) is 16.8 Å². The third-order valence-corrected chi connectivity index (χ3v) is 5.27. The highest BCUT2D eigenvalue weighted by Gasteiger charge is 2.40. The van der Waals surface area contributed by atoms with E-state index in [4.69, 9.17) is 4.74 Å². The standard InChI is InChI=1S/C21H22FN3O3S/c1-3-23-21(24-15-7-5-14(22)6-8-15)29-18-13-19(26)25(20(18)27)16-9-11-17(12-10-16)28-4-2/h5-12,18H,3-4,13H2,1-2H3,(H,23,24). The number of nitrogens with zero attached hydrogens (tertiary/aromatic N) is 2. The molecule has 6 nitrogen and oxygen atoms in total. The van der Waals surface area contributed by atoms with Crippen molar-refractivity contribution in [2.75, 3.05) is 23.4 Å². The van der Waals surface area contributed by atoms with Crippen LogP contribution < -0.4 is 15.0 Å². The summed E-state index contributed by atoms with van der Waals surface area (Å²) in [6.07, 6.45) is 0.0878. The Bertz CT molecular complexity index is 900. The Morgan fingerprint density at radius 1 is 1.17 bits per heavy atom. The molecule has 1 heterocycles. The van der Waals surface area contributed by atoms with Crippen molar-refractivity contribution in [1.82, 2.24) is 0 Å². The summed E-state index contributed by atoms with van der Waals surface area (Å²) in [6, 6.07) is 12.7. The average molecular weight is 415 g/mol. The minimum Gasteiger partial charge on any atom is -0.494 e. The number of rotatable bonds is 6. The number of halogens is 1. The van der Waals surface area contributed by atoms with Gasteiger partial charge in [0, 0.05) is 18.7 Å². The van der Waals surface area contributed by atoms with Crippen LogP contribution in [-0.4, -0.2) is 35.4 Å². The van der Waals surface area contributed by atoms with E-state index in [1.54, 1.807) is 36.4 Å². The Balaban J connectivity index is 1.71. The van der Waals surface area contributed by atoms with Crippen LogP contribution in [-0.2, 0) is 9.59 Å². The highest BCUT2D eigenvalue weighted by Crippen LogP contribution is 2.31. The zero-order valence-electron chi connectivity index (χ0n) is 16.2. The molecule has 8 heteroatoms.